The van der Waals surface area contributed by atoms with Crippen LogP contribution in [-0.4, -0.2) is 36.8 Å². The lowest BCUT2D eigenvalue weighted by Gasteiger charge is -2.21. The molecule has 5 heteroatoms. The van der Waals surface area contributed by atoms with Crippen LogP contribution in [0.15, 0.2) is 24.3 Å². The van der Waals surface area contributed by atoms with E-state index in [1.807, 2.05) is 0 Å². The zero-order valence-electron chi connectivity index (χ0n) is 14.9. The maximum absolute atomic E-state index is 12.1. The lowest BCUT2D eigenvalue weighted by Crippen LogP contribution is -2.34. The van der Waals surface area contributed by atoms with Gasteiger partial charge in [-0.2, -0.15) is 0 Å². The second-order valence-corrected chi connectivity index (χ2v) is 5.47. The van der Waals surface area contributed by atoms with Gasteiger partial charge in [-0.1, -0.05) is 52.0 Å². The van der Waals surface area contributed by atoms with Crippen molar-refractivity contribution in [2.75, 3.05) is 19.9 Å². The van der Waals surface area contributed by atoms with E-state index in [2.05, 4.69) is 38.2 Å². The molecule has 0 radical (unpaired) electrons. The van der Waals surface area contributed by atoms with Gasteiger partial charge in [0.25, 0.3) is 0 Å². The summed E-state index contributed by atoms with van der Waals surface area (Å²) in [6.07, 6.45) is 11.3. The van der Waals surface area contributed by atoms with Gasteiger partial charge in [0.15, 0.2) is 0 Å². The summed E-state index contributed by atoms with van der Waals surface area (Å²) in [7, 11) is 0. The molecule has 0 unspecified atom stereocenters. The molecule has 0 aliphatic carbocycles. The van der Waals surface area contributed by atoms with Gasteiger partial charge in [0, 0.05) is 13.1 Å². The highest BCUT2D eigenvalue weighted by Crippen LogP contribution is 2.02. The maximum atomic E-state index is 12.1. The number of amides is 1. The average Bonchev–Trinajstić information content (AvgIpc) is 2.52. The van der Waals surface area contributed by atoms with E-state index in [0.29, 0.717) is 13.1 Å². The van der Waals surface area contributed by atoms with Crippen molar-refractivity contribution in [2.24, 2.45) is 5.92 Å². The quantitative estimate of drug-likeness (QED) is 0.323. The highest BCUT2D eigenvalue weighted by molar-refractivity contribution is 5.72. The lowest BCUT2D eigenvalue weighted by atomic mass is 10.2. The summed E-state index contributed by atoms with van der Waals surface area (Å²) in [4.78, 5) is 25.1. The molecule has 0 aromatic rings. The Kier molecular flexibility index (Phi) is 12.8. The molecule has 0 bridgehead atoms. The van der Waals surface area contributed by atoms with E-state index in [0.717, 1.165) is 25.7 Å². The third-order valence-corrected chi connectivity index (χ3v) is 3.05. The molecule has 23 heavy (non-hydrogen) atoms. The van der Waals surface area contributed by atoms with Crippen LogP contribution in [0.3, 0.4) is 0 Å². The minimum atomic E-state index is -0.448. The van der Waals surface area contributed by atoms with Crippen LogP contribution in [0.25, 0.3) is 0 Å². The first-order valence-corrected chi connectivity index (χ1v) is 8.41. The molecular formula is C18H31NO4. The first-order chi connectivity index (χ1) is 11.0. The Bertz CT molecular complexity index is 370. The van der Waals surface area contributed by atoms with Crippen LogP contribution in [0, 0.1) is 5.92 Å². The molecule has 0 spiro atoms. The fraction of sp³-hybridized carbons (Fsp3) is 0.667. The standard InChI is InChI=1S/C18H31NO4/c1-5-7-9-11-13-19(14-12-10-8-6-2)18(21)23-15-22-17(20)16(3)4/h7-10,16H,5-6,11-15H2,1-4H3/b9-7+,10-8+. The van der Waals surface area contributed by atoms with Crippen LogP contribution in [0.1, 0.15) is 53.4 Å². The molecule has 0 rings (SSSR count). The van der Waals surface area contributed by atoms with Crippen molar-refractivity contribution in [3.63, 3.8) is 0 Å². The number of carbonyl (C=O) groups is 2. The van der Waals surface area contributed by atoms with E-state index in [1.54, 1.807) is 18.7 Å². The minimum absolute atomic E-state index is 0.233. The molecule has 0 saturated carbocycles. The van der Waals surface area contributed by atoms with Crippen LogP contribution in [0.5, 0.6) is 0 Å². The monoisotopic (exact) mass is 325 g/mol. The molecule has 1 amide bonds. The minimum Gasteiger partial charge on any atom is -0.428 e. The number of ether oxygens (including phenoxy) is 2. The highest BCUT2D eigenvalue weighted by Gasteiger charge is 2.15. The Morgan fingerprint density at radius 2 is 1.43 bits per heavy atom. The van der Waals surface area contributed by atoms with E-state index in [1.165, 1.54) is 0 Å². The summed E-state index contributed by atoms with van der Waals surface area (Å²) in [5.41, 5.74) is 0. The van der Waals surface area contributed by atoms with Crippen LogP contribution >= 0.6 is 0 Å². The molecule has 0 aliphatic heterocycles. The number of rotatable bonds is 11. The Morgan fingerprint density at radius 3 is 1.87 bits per heavy atom. The van der Waals surface area contributed by atoms with Crippen molar-refractivity contribution in [1.29, 1.82) is 0 Å². The zero-order valence-corrected chi connectivity index (χ0v) is 14.9. The fourth-order valence-corrected chi connectivity index (χ4v) is 1.72. The normalized spacial score (nSPS) is 11.3. The molecule has 0 aliphatic rings. The van der Waals surface area contributed by atoms with Crippen molar-refractivity contribution >= 4 is 12.1 Å². The molecule has 0 N–H and O–H groups in total. The molecule has 132 valence electrons. The topological polar surface area (TPSA) is 55.8 Å². The first kappa shape index (κ1) is 21.2. The van der Waals surface area contributed by atoms with Gasteiger partial charge in [0.05, 0.1) is 5.92 Å². The fourth-order valence-electron chi connectivity index (χ4n) is 1.72. The molecule has 0 heterocycles. The second kappa shape index (κ2) is 13.9. The molecule has 0 atom stereocenters. The predicted molar refractivity (Wildman–Crippen MR) is 91.9 cm³/mol. The SMILES string of the molecule is CC/C=C/CCN(CC/C=C/CC)C(=O)OCOC(=O)C(C)C. The van der Waals surface area contributed by atoms with Gasteiger partial charge in [-0.15, -0.1) is 0 Å². The van der Waals surface area contributed by atoms with E-state index < -0.39 is 6.09 Å². The molecule has 0 saturated heterocycles. The Morgan fingerprint density at radius 1 is 0.913 bits per heavy atom. The zero-order chi connectivity index (χ0) is 17.5. The third kappa shape index (κ3) is 11.4. The summed E-state index contributed by atoms with van der Waals surface area (Å²) in [5.74, 6) is -0.607. The van der Waals surface area contributed by atoms with Crippen LogP contribution in [0.4, 0.5) is 4.79 Å². The smallest absolute Gasteiger partial charge is 0.412 e. The summed E-state index contributed by atoms with van der Waals surface area (Å²) >= 11 is 0. The van der Waals surface area contributed by atoms with Crippen molar-refractivity contribution in [3.8, 4) is 0 Å². The number of allylic oxidation sites excluding steroid dienone is 2. The highest BCUT2D eigenvalue weighted by atomic mass is 16.7. The molecular weight excluding hydrogens is 294 g/mol. The average molecular weight is 325 g/mol. The maximum Gasteiger partial charge on any atom is 0.412 e. The number of carbonyl (C=O) groups excluding carboxylic acids is 2. The van der Waals surface area contributed by atoms with Gasteiger partial charge in [-0.3, -0.25) is 4.79 Å². The van der Waals surface area contributed by atoms with Crippen molar-refractivity contribution in [2.45, 2.75) is 53.4 Å². The van der Waals surface area contributed by atoms with Gasteiger partial charge < -0.3 is 14.4 Å². The Labute approximate surface area is 140 Å². The van der Waals surface area contributed by atoms with E-state index in [9.17, 15) is 9.59 Å². The van der Waals surface area contributed by atoms with Crippen molar-refractivity contribution in [3.05, 3.63) is 24.3 Å². The number of hydrogen-bond acceptors (Lipinski definition) is 4. The van der Waals surface area contributed by atoms with E-state index >= 15 is 0 Å². The Hall–Kier alpha value is -1.78. The summed E-state index contributed by atoms with van der Waals surface area (Å²) in [6.45, 7) is 8.46. The van der Waals surface area contributed by atoms with Crippen LogP contribution in [0.2, 0.25) is 0 Å². The Balaban J connectivity index is 4.32. The van der Waals surface area contributed by atoms with E-state index in [4.69, 9.17) is 9.47 Å². The molecule has 5 nitrogen and oxygen atoms in total. The van der Waals surface area contributed by atoms with Crippen LogP contribution in [-0.2, 0) is 14.3 Å². The number of hydrogen-bond donors (Lipinski definition) is 0. The van der Waals surface area contributed by atoms with Gasteiger partial charge in [0.2, 0.25) is 6.79 Å². The van der Waals surface area contributed by atoms with Crippen LogP contribution < -0.4 is 0 Å². The van der Waals surface area contributed by atoms with Gasteiger partial charge in [-0.25, -0.2) is 4.79 Å². The number of nitrogens with zero attached hydrogens (tertiary/aromatic N) is 1. The van der Waals surface area contributed by atoms with Gasteiger partial charge in [-0.05, 0) is 25.7 Å². The first-order valence-electron chi connectivity index (χ1n) is 8.41. The lowest BCUT2D eigenvalue weighted by molar-refractivity contribution is -0.156. The van der Waals surface area contributed by atoms with Crippen molar-refractivity contribution in [1.82, 2.24) is 4.90 Å². The largest absolute Gasteiger partial charge is 0.428 e. The third-order valence-electron chi connectivity index (χ3n) is 3.05. The summed E-state index contributed by atoms with van der Waals surface area (Å²) < 4.78 is 9.91. The van der Waals surface area contributed by atoms with Gasteiger partial charge >= 0.3 is 12.1 Å². The summed E-state index contributed by atoms with van der Waals surface area (Å²) in [5, 5.41) is 0. The molecule has 0 fully saturated rings. The summed E-state index contributed by atoms with van der Waals surface area (Å²) in [6, 6.07) is 0. The number of esters is 1. The van der Waals surface area contributed by atoms with Gasteiger partial charge in [0.1, 0.15) is 0 Å². The second-order valence-electron chi connectivity index (χ2n) is 5.47. The molecule has 0 aromatic carbocycles. The molecule has 0 aromatic heterocycles. The van der Waals surface area contributed by atoms with Crippen molar-refractivity contribution < 1.29 is 19.1 Å². The van der Waals surface area contributed by atoms with E-state index in [-0.39, 0.29) is 18.7 Å². The predicted octanol–water partition coefficient (Wildman–Crippen LogP) is 4.29.